The summed E-state index contributed by atoms with van der Waals surface area (Å²) >= 11 is 0. The Labute approximate surface area is 192 Å². The van der Waals surface area contributed by atoms with Crippen LogP contribution in [0.5, 0.6) is 11.5 Å². The molecule has 2 aliphatic rings. The number of amides is 1. The molecule has 10 heteroatoms. The minimum absolute atomic E-state index is 0.125. The van der Waals surface area contributed by atoms with Crippen LogP contribution in [0.4, 0.5) is 5.69 Å². The van der Waals surface area contributed by atoms with Gasteiger partial charge in [-0.2, -0.15) is 4.31 Å². The zero-order valence-corrected chi connectivity index (χ0v) is 19.1. The topological polar surface area (TPSA) is 111 Å². The van der Waals surface area contributed by atoms with E-state index in [9.17, 15) is 18.0 Å². The first-order valence-electron chi connectivity index (χ1n) is 10.8. The second-order valence-corrected chi connectivity index (χ2v) is 9.85. The predicted octanol–water partition coefficient (Wildman–Crippen LogP) is 2.49. The van der Waals surface area contributed by atoms with Crippen molar-refractivity contribution in [2.75, 3.05) is 31.7 Å². The first-order valence-corrected chi connectivity index (χ1v) is 12.2. The molecular formula is C23H26N2O7S. The molecule has 0 aromatic heterocycles. The standard InChI is InChI=1S/C23H26N2O7S/c1-16-5-8-18(9-6-16)33(28,29)25-11-2-4-19(25)23(27)32-15-22(26)24-17-7-10-20-21(14-17)31-13-3-12-30-20/h5-10,14,19H,2-4,11-13,15H2,1H3,(H,24,26)/t19-/m0/s1. The summed E-state index contributed by atoms with van der Waals surface area (Å²) in [6, 6.07) is 10.5. The van der Waals surface area contributed by atoms with Crippen LogP contribution in [0.3, 0.4) is 0 Å². The van der Waals surface area contributed by atoms with Gasteiger partial charge in [0.05, 0.1) is 18.1 Å². The van der Waals surface area contributed by atoms with Crippen LogP contribution in [0.1, 0.15) is 24.8 Å². The van der Waals surface area contributed by atoms with Crippen molar-refractivity contribution in [3.05, 3.63) is 48.0 Å². The smallest absolute Gasteiger partial charge is 0.324 e. The maximum atomic E-state index is 13.0. The summed E-state index contributed by atoms with van der Waals surface area (Å²) in [5.41, 5.74) is 1.41. The number of ether oxygens (including phenoxy) is 3. The molecule has 2 aliphatic heterocycles. The number of fused-ring (bicyclic) bond motifs is 1. The maximum absolute atomic E-state index is 13.0. The van der Waals surface area contributed by atoms with E-state index in [0.717, 1.165) is 16.3 Å². The molecule has 1 N–H and O–H groups in total. The molecular weight excluding hydrogens is 448 g/mol. The van der Waals surface area contributed by atoms with Gasteiger partial charge in [-0.15, -0.1) is 0 Å². The Balaban J connectivity index is 1.35. The summed E-state index contributed by atoms with van der Waals surface area (Å²) in [6.07, 6.45) is 1.64. The number of hydrogen-bond acceptors (Lipinski definition) is 7. The third kappa shape index (κ3) is 5.28. The molecule has 33 heavy (non-hydrogen) atoms. The van der Waals surface area contributed by atoms with Crippen molar-refractivity contribution in [3.63, 3.8) is 0 Å². The van der Waals surface area contributed by atoms with Crippen LogP contribution in [0.2, 0.25) is 0 Å². The van der Waals surface area contributed by atoms with E-state index in [1.54, 1.807) is 30.3 Å². The van der Waals surface area contributed by atoms with Crippen LogP contribution in [-0.2, 0) is 24.3 Å². The quantitative estimate of drug-likeness (QED) is 0.641. The number of rotatable bonds is 6. The van der Waals surface area contributed by atoms with Gasteiger partial charge in [0.25, 0.3) is 5.91 Å². The van der Waals surface area contributed by atoms with Gasteiger partial charge in [0, 0.05) is 24.7 Å². The molecule has 2 aromatic rings. The van der Waals surface area contributed by atoms with Crippen molar-refractivity contribution in [3.8, 4) is 11.5 Å². The Bertz CT molecular complexity index is 1130. The van der Waals surface area contributed by atoms with Crippen LogP contribution in [0, 0.1) is 6.92 Å². The molecule has 0 aliphatic carbocycles. The number of nitrogens with one attached hydrogen (secondary N) is 1. The molecule has 176 valence electrons. The summed E-state index contributed by atoms with van der Waals surface area (Å²) in [5.74, 6) is -0.140. The Kier molecular flexibility index (Phi) is 6.85. The number of anilines is 1. The normalized spacial score (nSPS) is 18.4. The van der Waals surface area contributed by atoms with Gasteiger partial charge >= 0.3 is 5.97 Å². The molecule has 0 bridgehead atoms. The molecule has 1 saturated heterocycles. The molecule has 0 spiro atoms. The van der Waals surface area contributed by atoms with Crippen LogP contribution in [0.15, 0.2) is 47.4 Å². The van der Waals surface area contributed by atoms with Crippen molar-refractivity contribution in [1.29, 1.82) is 0 Å². The van der Waals surface area contributed by atoms with E-state index in [0.29, 0.717) is 43.2 Å². The Morgan fingerprint density at radius 3 is 2.55 bits per heavy atom. The predicted molar refractivity (Wildman–Crippen MR) is 120 cm³/mol. The highest BCUT2D eigenvalue weighted by atomic mass is 32.2. The van der Waals surface area contributed by atoms with Gasteiger partial charge < -0.3 is 19.5 Å². The molecule has 4 rings (SSSR count). The molecule has 1 fully saturated rings. The average Bonchev–Trinajstić information content (AvgIpc) is 3.19. The highest BCUT2D eigenvalue weighted by Crippen LogP contribution is 2.32. The van der Waals surface area contributed by atoms with E-state index < -0.39 is 34.5 Å². The van der Waals surface area contributed by atoms with Gasteiger partial charge in [0.2, 0.25) is 10.0 Å². The molecule has 9 nitrogen and oxygen atoms in total. The van der Waals surface area contributed by atoms with E-state index in [2.05, 4.69) is 5.32 Å². The van der Waals surface area contributed by atoms with Gasteiger partial charge in [-0.1, -0.05) is 17.7 Å². The monoisotopic (exact) mass is 474 g/mol. The number of carbonyl (C=O) groups excluding carboxylic acids is 2. The Morgan fingerprint density at radius 1 is 1.06 bits per heavy atom. The molecule has 1 atom stereocenters. The highest BCUT2D eigenvalue weighted by Gasteiger charge is 2.40. The number of benzene rings is 2. The second-order valence-electron chi connectivity index (χ2n) is 7.95. The summed E-state index contributed by atoms with van der Waals surface area (Å²) in [6.45, 7) is 2.64. The van der Waals surface area contributed by atoms with Crippen molar-refractivity contribution < 1.29 is 32.2 Å². The lowest BCUT2D eigenvalue weighted by atomic mass is 10.2. The van der Waals surface area contributed by atoms with Gasteiger partial charge in [-0.05, 0) is 44.0 Å². The third-order valence-electron chi connectivity index (χ3n) is 5.48. The molecule has 0 saturated carbocycles. The fraction of sp³-hybridized carbons (Fsp3) is 0.391. The number of hydrogen-bond donors (Lipinski definition) is 1. The Morgan fingerprint density at radius 2 is 1.79 bits per heavy atom. The average molecular weight is 475 g/mol. The maximum Gasteiger partial charge on any atom is 0.324 e. The van der Waals surface area contributed by atoms with Gasteiger partial charge in [-0.3, -0.25) is 9.59 Å². The minimum Gasteiger partial charge on any atom is -0.490 e. The fourth-order valence-electron chi connectivity index (χ4n) is 3.78. The molecule has 0 radical (unpaired) electrons. The van der Waals surface area contributed by atoms with Crippen LogP contribution < -0.4 is 14.8 Å². The lowest BCUT2D eigenvalue weighted by molar-refractivity contribution is -0.150. The van der Waals surface area contributed by atoms with Crippen LogP contribution in [0.25, 0.3) is 0 Å². The van der Waals surface area contributed by atoms with E-state index in [1.807, 2.05) is 6.92 Å². The zero-order valence-electron chi connectivity index (χ0n) is 18.3. The second kappa shape index (κ2) is 9.80. The highest BCUT2D eigenvalue weighted by molar-refractivity contribution is 7.89. The summed E-state index contributed by atoms with van der Waals surface area (Å²) in [4.78, 5) is 25.1. The number of esters is 1. The number of aryl methyl sites for hydroxylation is 1. The van der Waals surface area contributed by atoms with Crippen molar-refractivity contribution in [1.82, 2.24) is 4.31 Å². The van der Waals surface area contributed by atoms with E-state index in [1.165, 1.54) is 12.1 Å². The van der Waals surface area contributed by atoms with Crippen molar-refractivity contribution in [2.24, 2.45) is 0 Å². The van der Waals surface area contributed by atoms with Gasteiger partial charge in [0.15, 0.2) is 18.1 Å². The largest absolute Gasteiger partial charge is 0.490 e. The SMILES string of the molecule is Cc1ccc(S(=O)(=O)N2CCC[C@H]2C(=O)OCC(=O)Nc2ccc3c(c2)OCCCO3)cc1. The van der Waals surface area contributed by atoms with Gasteiger partial charge in [-0.25, -0.2) is 8.42 Å². The third-order valence-corrected chi connectivity index (χ3v) is 7.40. The first kappa shape index (κ1) is 23.1. The minimum atomic E-state index is -3.84. The van der Waals surface area contributed by atoms with Crippen molar-refractivity contribution in [2.45, 2.75) is 37.1 Å². The van der Waals surface area contributed by atoms with Gasteiger partial charge in [0.1, 0.15) is 6.04 Å². The number of nitrogens with zero attached hydrogens (tertiary/aromatic N) is 1. The van der Waals surface area contributed by atoms with Crippen molar-refractivity contribution >= 4 is 27.6 Å². The summed E-state index contributed by atoms with van der Waals surface area (Å²) < 4.78 is 43.5. The van der Waals surface area contributed by atoms with E-state index in [4.69, 9.17) is 14.2 Å². The molecule has 1 amide bonds. The Hall–Kier alpha value is -3.11. The van der Waals surface area contributed by atoms with Crippen LogP contribution >= 0.6 is 0 Å². The number of carbonyl (C=O) groups is 2. The molecule has 2 aromatic carbocycles. The lowest BCUT2D eigenvalue weighted by Gasteiger charge is -2.22. The van der Waals surface area contributed by atoms with E-state index in [-0.39, 0.29) is 11.4 Å². The summed E-state index contributed by atoms with van der Waals surface area (Å²) in [5, 5.41) is 2.65. The first-order chi connectivity index (χ1) is 15.8. The fourth-order valence-corrected chi connectivity index (χ4v) is 5.43. The lowest BCUT2D eigenvalue weighted by Crippen LogP contribution is -2.42. The zero-order chi connectivity index (χ0) is 23.4. The van der Waals surface area contributed by atoms with E-state index >= 15 is 0 Å². The number of sulfonamides is 1. The summed E-state index contributed by atoms with van der Waals surface area (Å²) in [7, 11) is -3.84. The molecule has 0 unspecified atom stereocenters. The van der Waals surface area contributed by atoms with Crippen LogP contribution in [-0.4, -0.2) is 57.0 Å². The molecule has 2 heterocycles.